The van der Waals surface area contributed by atoms with Gasteiger partial charge < -0.3 is 10.2 Å². The molecule has 0 radical (unpaired) electrons. The van der Waals surface area contributed by atoms with Gasteiger partial charge in [0.1, 0.15) is 0 Å². The predicted octanol–water partition coefficient (Wildman–Crippen LogP) is 10.2. The molecule has 4 nitrogen and oxygen atoms in total. The highest BCUT2D eigenvalue weighted by Crippen LogP contribution is 2.62. The third-order valence-corrected chi connectivity index (χ3v) is 14.0. The second-order valence-corrected chi connectivity index (χ2v) is 18.2. The van der Waals surface area contributed by atoms with E-state index in [9.17, 15) is 19.2 Å². The molecule has 6 heteroatoms. The zero-order valence-corrected chi connectivity index (χ0v) is 30.8. The summed E-state index contributed by atoms with van der Waals surface area (Å²) in [6, 6.07) is 0. The summed E-state index contributed by atoms with van der Waals surface area (Å²) in [6.07, 6.45) is 16.7. The number of hydrogen-bond acceptors (Lipinski definition) is 4. The highest BCUT2D eigenvalue weighted by Gasteiger charge is 2.67. The van der Waals surface area contributed by atoms with Gasteiger partial charge in [-0.25, -0.2) is 0 Å². The smallest absolute Gasteiger partial charge is 0.307 e. The van der Waals surface area contributed by atoms with Crippen LogP contribution in [0.3, 0.4) is 0 Å². The quantitative estimate of drug-likeness (QED) is 0.104. The van der Waals surface area contributed by atoms with E-state index in [0.717, 1.165) is 56.3 Å². The fourth-order valence-electron chi connectivity index (χ4n) is 7.29. The number of aliphatic hydroxyl groups is 1. The predicted molar refractivity (Wildman–Crippen MR) is 186 cm³/mol. The van der Waals surface area contributed by atoms with E-state index in [2.05, 4.69) is 68.4 Å². The zero-order chi connectivity index (χ0) is 32.2. The maximum atomic E-state index is 14.9. The molecule has 0 amide bonds. The van der Waals surface area contributed by atoms with E-state index in [1.54, 1.807) is 11.8 Å². The normalized spacial score (nSPS) is 26.6. The van der Waals surface area contributed by atoms with Gasteiger partial charge in [-0.15, -0.1) is 11.8 Å². The number of unbranched alkanes of at least 4 members (excludes halogenated alkanes) is 10. The highest BCUT2D eigenvalue weighted by molar-refractivity contribution is 8.01. The van der Waals surface area contributed by atoms with Crippen molar-refractivity contribution in [2.24, 2.45) is 22.7 Å². The van der Waals surface area contributed by atoms with Crippen LogP contribution >= 0.6 is 11.8 Å². The first-order chi connectivity index (χ1) is 19.6. The van der Waals surface area contributed by atoms with Crippen LogP contribution in [0.4, 0.5) is 0 Å². The van der Waals surface area contributed by atoms with Crippen LogP contribution in [0.15, 0.2) is 11.6 Å². The lowest BCUT2D eigenvalue weighted by molar-refractivity contribution is -0.143. The van der Waals surface area contributed by atoms with Crippen molar-refractivity contribution in [2.75, 3.05) is 11.5 Å². The van der Waals surface area contributed by atoms with Crippen molar-refractivity contribution >= 4 is 28.5 Å². The van der Waals surface area contributed by atoms with Crippen LogP contribution < -0.4 is 0 Å². The average Bonchev–Trinajstić information content (AvgIpc) is 2.89. The van der Waals surface area contributed by atoms with Gasteiger partial charge in [0.25, 0.3) is 0 Å². The molecule has 1 aliphatic rings. The average molecular weight is 629 g/mol. The summed E-state index contributed by atoms with van der Waals surface area (Å²) in [6.45, 7) is 21.2. The number of rotatable bonds is 20. The Morgan fingerprint density at radius 3 is 1.83 bits per heavy atom. The van der Waals surface area contributed by atoms with Gasteiger partial charge in [-0.2, -0.15) is 0 Å². The highest BCUT2D eigenvalue weighted by atomic mass is 32.2. The number of aliphatic hydroxyl groups excluding tert-OH is 1. The van der Waals surface area contributed by atoms with Crippen molar-refractivity contribution in [1.82, 2.24) is 0 Å². The molecule has 0 saturated heterocycles. The summed E-state index contributed by atoms with van der Waals surface area (Å²) < 4.78 is 13.2. The topological polar surface area (TPSA) is 74.6 Å². The maximum absolute atomic E-state index is 14.9. The SMILES string of the molecule is CCCCCCCCSC1(C(C)C(=O)O)C=C(C(C)(C)C)C(O)C(S(=O)CCCCCCCC)(C(C)(C)C)C1CCC. The van der Waals surface area contributed by atoms with Gasteiger partial charge >= 0.3 is 5.97 Å². The van der Waals surface area contributed by atoms with Gasteiger partial charge in [-0.3, -0.25) is 9.00 Å². The molecule has 248 valence electrons. The first-order valence-electron chi connectivity index (χ1n) is 17.3. The summed E-state index contributed by atoms with van der Waals surface area (Å²) in [5.41, 5.74) is -0.0276. The van der Waals surface area contributed by atoms with Gasteiger partial charge in [0.05, 0.1) is 21.5 Å². The summed E-state index contributed by atoms with van der Waals surface area (Å²) >= 11 is 1.79. The molecule has 0 spiro atoms. The molecule has 0 saturated carbocycles. The Hall–Kier alpha value is -0.330. The monoisotopic (exact) mass is 628 g/mol. The van der Waals surface area contributed by atoms with Crippen LogP contribution in [-0.4, -0.2) is 47.5 Å². The fraction of sp³-hybridized carbons (Fsp3) is 0.917. The molecule has 0 heterocycles. The number of aliphatic carboxylic acids is 1. The summed E-state index contributed by atoms with van der Waals surface area (Å²) in [5, 5.41) is 23.1. The Bertz CT molecular complexity index is 855. The van der Waals surface area contributed by atoms with Crippen LogP contribution in [0.1, 0.15) is 159 Å². The van der Waals surface area contributed by atoms with Crippen LogP contribution in [0.25, 0.3) is 0 Å². The Morgan fingerprint density at radius 2 is 1.38 bits per heavy atom. The van der Waals surface area contributed by atoms with E-state index < -0.39 is 43.7 Å². The third-order valence-electron chi connectivity index (χ3n) is 9.72. The minimum atomic E-state index is -1.35. The van der Waals surface area contributed by atoms with Crippen molar-refractivity contribution in [3.8, 4) is 0 Å². The number of hydrogen-bond donors (Lipinski definition) is 2. The van der Waals surface area contributed by atoms with Crippen molar-refractivity contribution in [2.45, 2.75) is 175 Å². The van der Waals surface area contributed by atoms with Gasteiger partial charge in [-0.05, 0) is 47.3 Å². The molecule has 0 aromatic carbocycles. The molecule has 42 heavy (non-hydrogen) atoms. The van der Waals surface area contributed by atoms with Crippen molar-refractivity contribution in [3.63, 3.8) is 0 Å². The Morgan fingerprint density at radius 1 is 0.881 bits per heavy atom. The molecule has 0 fully saturated rings. The van der Waals surface area contributed by atoms with E-state index in [1.807, 2.05) is 6.92 Å². The van der Waals surface area contributed by atoms with Gasteiger partial charge in [-0.1, -0.05) is 146 Å². The minimum absolute atomic E-state index is 0.229. The molecule has 1 aliphatic carbocycles. The van der Waals surface area contributed by atoms with Crippen LogP contribution in [-0.2, 0) is 15.6 Å². The molecule has 0 aromatic heterocycles. The van der Waals surface area contributed by atoms with E-state index in [0.29, 0.717) is 5.75 Å². The molecular formula is C36H68O4S2. The standard InChI is InChI=1S/C36H68O4S2/c1-11-14-16-18-20-22-25-41-35(28(4)32(38)39)27-29(33(5,6)7)31(37)36(34(8,9)10,30(35)24-13-3)42(40)26-23-21-19-17-15-12-2/h27-28,30-31,37H,11-26H2,1-10H3,(H,38,39). The fourth-order valence-corrected chi connectivity index (χ4v) is 11.6. The molecule has 6 atom stereocenters. The van der Waals surface area contributed by atoms with Crippen LogP contribution in [0, 0.1) is 22.7 Å². The van der Waals surface area contributed by atoms with E-state index in [4.69, 9.17) is 0 Å². The lowest BCUT2D eigenvalue weighted by atomic mass is 9.55. The first-order valence-corrected chi connectivity index (χ1v) is 19.6. The lowest BCUT2D eigenvalue weighted by Crippen LogP contribution is -2.70. The minimum Gasteiger partial charge on any atom is -0.481 e. The number of carbonyl (C=O) groups is 1. The van der Waals surface area contributed by atoms with Crippen molar-refractivity contribution in [1.29, 1.82) is 0 Å². The van der Waals surface area contributed by atoms with E-state index in [-0.39, 0.29) is 11.3 Å². The molecule has 6 unspecified atom stereocenters. The van der Waals surface area contributed by atoms with Crippen LogP contribution in [0.2, 0.25) is 0 Å². The third kappa shape index (κ3) is 9.59. The second kappa shape index (κ2) is 18.0. The zero-order valence-electron chi connectivity index (χ0n) is 29.2. The molecular weight excluding hydrogens is 561 g/mol. The van der Waals surface area contributed by atoms with Gasteiger partial charge in [0.15, 0.2) is 0 Å². The molecule has 0 aromatic rings. The maximum Gasteiger partial charge on any atom is 0.307 e. The second-order valence-electron chi connectivity index (χ2n) is 15.0. The Balaban J connectivity index is 3.78. The van der Waals surface area contributed by atoms with Crippen molar-refractivity contribution in [3.05, 3.63) is 11.6 Å². The van der Waals surface area contributed by atoms with Crippen molar-refractivity contribution < 1.29 is 19.2 Å². The number of thioether (sulfide) groups is 1. The summed E-state index contributed by atoms with van der Waals surface area (Å²) in [7, 11) is -1.35. The van der Waals surface area contributed by atoms with E-state index >= 15 is 0 Å². The molecule has 0 bridgehead atoms. The molecule has 2 N–H and O–H groups in total. The Kier molecular flexibility index (Phi) is 17.0. The summed E-state index contributed by atoms with van der Waals surface area (Å²) in [4.78, 5) is 12.9. The Labute approximate surface area is 267 Å². The van der Waals surface area contributed by atoms with E-state index in [1.165, 1.54) is 44.9 Å². The van der Waals surface area contributed by atoms with Gasteiger partial charge in [0, 0.05) is 16.6 Å². The first kappa shape index (κ1) is 39.7. The largest absolute Gasteiger partial charge is 0.481 e. The van der Waals surface area contributed by atoms with Crippen LogP contribution in [0.5, 0.6) is 0 Å². The molecule has 1 rings (SSSR count). The lowest BCUT2D eigenvalue weighted by Gasteiger charge is -2.62. The molecule has 0 aliphatic heterocycles. The van der Waals surface area contributed by atoms with Gasteiger partial charge in [0.2, 0.25) is 0 Å². The number of carboxylic acid groups (broad SMARTS) is 1. The summed E-state index contributed by atoms with van der Waals surface area (Å²) in [5.74, 6) is -0.280. The number of carboxylic acids is 1.